The Labute approximate surface area is 170 Å². The van der Waals surface area contributed by atoms with Crippen molar-refractivity contribution in [1.82, 2.24) is 0 Å². The van der Waals surface area contributed by atoms with E-state index in [-0.39, 0.29) is 32.7 Å². The molecular weight excluding hydrogens is 353 g/mol. The van der Waals surface area contributed by atoms with Gasteiger partial charge in [0.1, 0.15) is 0 Å². The smallest absolute Gasteiger partial charge is 0 e. The second-order valence-electron chi connectivity index (χ2n) is 10.2. The fourth-order valence-corrected chi connectivity index (χ4v) is 8.18. The predicted molar refractivity (Wildman–Crippen MR) is 94.4 cm³/mol. The van der Waals surface area contributed by atoms with Gasteiger partial charge in [0.15, 0.2) is 0 Å². The average Bonchev–Trinajstić information content (AvgIpc) is 2.84. The molecule has 0 bridgehead atoms. The van der Waals surface area contributed by atoms with Crippen molar-refractivity contribution in [2.45, 2.75) is 85.5 Å². The molecule has 4 saturated carbocycles. The summed E-state index contributed by atoms with van der Waals surface area (Å²) in [5, 5.41) is 0. The van der Waals surface area contributed by atoms with E-state index in [2.05, 4.69) is 34.1 Å². The Morgan fingerprint density at radius 1 is 0.870 bits per heavy atom. The summed E-state index contributed by atoms with van der Waals surface area (Å²) >= 11 is 0. The molecule has 4 aliphatic carbocycles. The van der Waals surface area contributed by atoms with E-state index in [0.717, 1.165) is 35.5 Å². The molecule has 1 heteroatoms. The Morgan fingerprint density at radius 3 is 2.35 bits per heavy atom. The van der Waals surface area contributed by atoms with E-state index in [1.807, 2.05) is 0 Å². The van der Waals surface area contributed by atoms with Gasteiger partial charge in [-0.1, -0.05) is 46.5 Å². The van der Waals surface area contributed by atoms with E-state index < -0.39 is 0 Å². The summed E-state index contributed by atoms with van der Waals surface area (Å²) in [6.07, 6.45) is 16.2. The first kappa shape index (κ1) is 18.9. The van der Waals surface area contributed by atoms with Gasteiger partial charge in [-0.15, -0.1) is 0 Å². The van der Waals surface area contributed by atoms with Crippen LogP contribution < -0.4 is 0 Å². The molecule has 129 valence electrons. The average molecular weight is 390 g/mol. The summed E-state index contributed by atoms with van der Waals surface area (Å²) in [7, 11) is 0. The van der Waals surface area contributed by atoms with Crippen LogP contribution in [-0.2, 0) is 32.7 Å². The van der Waals surface area contributed by atoms with Crippen LogP contribution in [0.5, 0.6) is 0 Å². The van der Waals surface area contributed by atoms with Crippen LogP contribution in [0.4, 0.5) is 0 Å². The van der Waals surface area contributed by atoms with Crippen LogP contribution in [0, 0.1) is 52.8 Å². The van der Waals surface area contributed by atoms with Crippen LogP contribution in [0.15, 0.2) is 0 Å². The first-order valence-corrected chi connectivity index (χ1v) is 10.3. The molecule has 0 aromatic carbocycles. The monoisotopic (exact) mass is 390 g/mol. The van der Waals surface area contributed by atoms with Gasteiger partial charge in [0.2, 0.25) is 0 Å². The summed E-state index contributed by atoms with van der Waals surface area (Å²) in [5.41, 5.74) is 1.37. The SMILES string of the molecule is CC(C)C1CCC2C3CCC4C[CH-]CCC4(C)C3CCC12C.[Y]. The second kappa shape index (κ2) is 6.68. The standard InChI is InChI=1S/C22H37.Y/c1-15(2)18-10-11-19-17-9-8-16-7-5-6-13-21(16,3)20(17)12-14-22(18,19)4;/h5,15-20H,6-14H2,1-4H3;/q-1;. The Morgan fingerprint density at radius 2 is 1.61 bits per heavy atom. The number of hydrogen-bond acceptors (Lipinski definition) is 0. The number of rotatable bonds is 1. The molecule has 0 N–H and O–H groups in total. The molecule has 0 amide bonds. The molecule has 4 rings (SSSR count). The summed E-state index contributed by atoms with van der Waals surface area (Å²) in [4.78, 5) is 0. The molecule has 0 heterocycles. The van der Waals surface area contributed by atoms with Crippen LogP contribution in [0.3, 0.4) is 0 Å². The third kappa shape index (κ3) is 2.76. The fourth-order valence-electron chi connectivity index (χ4n) is 8.18. The van der Waals surface area contributed by atoms with Crippen molar-refractivity contribution in [2.24, 2.45) is 46.3 Å². The zero-order chi connectivity index (χ0) is 15.5. The molecule has 7 unspecified atom stereocenters. The van der Waals surface area contributed by atoms with E-state index >= 15 is 0 Å². The van der Waals surface area contributed by atoms with Gasteiger partial charge >= 0.3 is 0 Å². The summed E-state index contributed by atoms with van der Waals surface area (Å²) in [6, 6.07) is 0. The third-order valence-corrected chi connectivity index (χ3v) is 9.28. The summed E-state index contributed by atoms with van der Waals surface area (Å²) < 4.78 is 0. The van der Waals surface area contributed by atoms with Gasteiger partial charge in [-0.2, -0.15) is 12.8 Å². The van der Waals surface area contributed by atoms with Crippen LogP contribution in [0.1, 0.15) is 85.5 Å². The first-order chi connectivity index (χ1) is 10.5. The molecular formula is C22H37Y-. The summed E-state index contributed by atoms with van der Waals surface area (Å²) in [5.74, 6) is 6.11. The maximum absolute atomic E-state index is 2.69. The van der Waals surface area contributed by atoms with Crippen molar-refractivity contribution in [1.29, 1.82) is 0 Å². The molecule has 1 radical (unpaired) electrons. The van der Waals surface area contributed by atoms with Gasteiger partial charge in [0.25, 0.3) is 0 Å². The molecule has 4 aliphatic rings. The van der Waals surface area contributed by atoms with Gasteiger partial charge in [-0.25, -0.2) is 0 Å². The largest absolute Gasteiger partial charge is 0.328 e. The van der Waals surface area contributed by atoms with Gasteiger partial charge < -0.3 is 6.42 Å². The van der Waals surface area contributed by atoms with Crippen molar-refractivity contribution in [3.63, 3.8) is 0 Å². The van der Waals surface area contributed by atoms with Crippen molar-refractivity contribution >= 4 is 0 Å². The van der Waals surface area contributed by atoms with Crippen molar-refractivity contribution in [3.05, 3.63) is 6.42 Å². The van der Waals surface area contributed by atoms with Crippen LogP contribution in [0.2, 0.25) is 0 Å². The zero-order valence-corrected chi connectivity index (χ0v) is 18.8. The Balaban J connectivity index is 0.00000156. The normalized spacial score (nSPS) is 52.3. The van der Waals surface area contributed by atoms with Crippen LogP contribution >= 0.6 is 0 Å². The molecule has 4 fully saturated rings. The number of hydrogen-bond donors (Lipinski definition) is 0. The van der Waals surface area contributed by atoms with Crippen LogP contribution in [-0.4, -0.2) is 0 Å². The van der Waals surface area contributed by atoms with Gasteiger partial charge in [0.05, 0.1) is 0 Å². The molecule has 0 aromatic heterocycles. The quantitative estimate of drug-likeness (QED) is 0.448. The van der Waals surface area contributed by atoms with Crippen molar-refractivity contribution in [2.75, 3.05) is 0 Å². The Kier molecular flexibility index (Phi) is 5.48. The fraction of sp³-hybridized carbons (Fsp3) is 0.955. The number of fused-ring (bicyclic) bond motifs is 5. The second-order valence-corrected chi connectivity index (χ2v) is 10.2. The Hall–Kier alpha value is 1.10. The van der Waals surface area contributed by atoms with E-state index in [1.165, 1.54) is 38.5 Å². The van der Waals surface area contributed by atoms with E-state index in [1.54, 1.807) is 19.3 Å². The minimum Gasteiger partial charge on any atom is -0.328 e. The maximum Gasteiger partial charge on any atom is 0 e. The molecule has 0 aromatic rings. The minimum atomic E-state index is 0. The minimum absolute atomic E-state index is 0. The maximum atomic E-state index is 2.69. The molecule has 7 atom stereocenters. The molecule has 0 spiro atoms. The van der Waals surface area contributed by atoms with Gasteiger partial charge in [-0.05, 0) is 72.5 Å². The van der Waals surface area contributed by atoms with E-state index in [9.17, 15) is 0 Å². The predicted octanol–water partition coefficient (Wildman–Crippen LogP) is 6.50. The molecule has 0 nitrogen and oxygen atoms in total. The molecule has 0 aliphatic heterocycles. The van der Waals surface area contributed by atoms with Gasteiger partial charge in [0, 0.05) is 32.7 Å². The zero-order valence-electron chi connectivity index (χ0n) is 16.0. The third-order valence-electron chi connectivity index (χ3n) is 9.28. The first-order valence-electron chi connectivity index (χ1n) is 10.3. The Bertz CT molecular complexity index is 430. The van der Waals surface area contributed by atoms with Crippen molar-refractivity contribution in [3.8, 4) is 0 Å². The van der Waals surface area contributed by atoms with E-state index in [4.69, 9.17) is 0 Å². The van der Waals surface area contributed by atoms with E-state index in [0.29, 0.717) is 10.8 Å². The molecule has 0 saturated heterocycles. The van der Waals surface area contributed by atoms with Gasteiger partial charge in [-0.3, -0.25) is 0 Å². The van der Waals surface area contributed by atoms with Crippen LogP contribution in [0.25, 0.3) is 0 Å². The van der Waals surface area contributed by atoms with Crippen molar-refractivity contribution < 1.29 is 32.7 Å². The summed E-state index contributed by atoms with van der Waals surface area (Å²) in [6.45, 7) is 10.4. The molecule has 23 heavy (non-hydrogen) atoms. The topological polar surface area (TPSA) is 0 Å².